The Bertz CT molecular complexity index is 684. The number of amides is 1. The number of rotatable bonds is 7. The third-order valence-electron chi connectivity index (χ3n) is 3.12. The standard InChI is InChI=1S/C16H16BrNO5/c1-10(13-4-3-5-22-13)18-16(20)9-23-15-6-11(8-19)12(17)7-14(15)21-2/h3-8,10H,9H2,1-2H3,(H,18,20)/t10-/m0/s1. The fraction of sp³-hybridized carbons (Fsp3) is 0.250. The summed E-state index contributed by atoms with van der Waals surface area (Å²) in [7, 11) is 1.48. The van der Waals surface area contributed by atoms with Gasteiger partial charge in [0.15, 0.2) is 24.4 Å². The minimum atomic E-state index is -0.313. The molecule has 0 aliphatic rings. The van der Waals surface area contributed by atoms with Gasteiger partial charge in [-0.15, -0.1) is 0 Å². The Morgan fingerprint density at radius 1 is 1.43 bits per heavy atom. The van der Waals surface area contributed by atoms with Crippen molar-refractivity contribution in [2.24, 2.45) is 0 Å². The Labute approximate surface area is 141 Å². The van der Waals surface area contributed by atoms with E-state index in [1.165, 1.54) is 13.2 Å². The van der Waals surface area contributed by atoms with Crippen LogP contribution in [0, 0.1) is 0 Å². The van der Waals surface area contributed by atoms with Gasteiger partial charge in [0.1, 0.15) is 5.76 Å². The molecule has 0 fully saturated rings. The second-order valence-corrected chi connectivity index (χ2v) is 5.59. The molecule has 2 rings (SSSR count). The smallest absolute Gasteiger partial charge is 0.258 e. The molecule has 1 atom stereocenters. The van der Waals surface area contributed by atoms with Gasteiger partial charge in [-0.2, -0.15) is 0 Å². The van der Waals surface area contributed by atoms with Crippen LogP contribution < -0.4 is 14.8 Å². The second kappa shape index (κ2) is 7.82. The molecule has 6 nitrogen and oxygen atoms in total. The fourth-order valence-corrected chi connectivity index (χ4v) is 2.36. The van der Waals surface area contributed by atoms with Crippen LogP contribution in [0.1, 0.15) is 29.1 Å². The largest absolute Gasteiger partial charge is 0.493 e. The number of aldehydes is 1. The molecule has 2 aromatic rings. The minimum Gasteiger partial charge on any atom is -0.493 e. The zero-order valence-corrected chi connectivity index (χ0v) is 14.3. The third kappa shape index (κ3) is 4.35. The van der Waals surface area contributed by atoms with Gasteiger partial charge in [0.2, 0.25) is 0 Å². The summed E-state index contributed by atoms with van der Waals surface area (Å²) < 4.78 is 16.4. The van der Waals surface area contributed by atoms with Crippen LogP contribution >= 0.6 is 15.9 Å². The summed E-state index contributed by atoms with van der Waals surface area (Å²) in [6.45, 7) is 1.60. The van der Waals surface area contributed by atoms with Crippen LogP contribution in [0.2, 0.25) is 0 Å². The van der Waals surface area contributed by atoms with Crippen molar-refractivity contribution >= 4 is 28.1 Å². The fourth-order valence-electron chi connectivity index (χ4n) is 1.95. The van der Waals surface area contributed by atoms with E-state index >= 15 is 0 Å². The van der Waals surface area contributed by atoms with Crippen LogP contribution in [0.5, 0.6) is 11.5 Å². The van der Waals surface area contributed by atoms with E-state index in [2.05, 4.69) is 21.2 Å². The maximum absolute atomic E-state index is 11.9. The maximum atomic E-state index is 11.9. The topological polar surface area (TPSA) is 77.8 Å². The number of carbonyl (C=O) groups excluding carboxylic acids is 2. The van der Waals surface area contributed by atoms with Gasteiger partial charge in [0, 0.05) is 10.0 Å². The zero-order chi connectivity index (χ0) is 16.8. The van der Waals surface area contributed by atoms with E-state index in [-0.39, 0.29) is 18.6 Å². The molecule has 1 heterocycles. The third-order valence-corrected chi connectivity index (χ3v) is 3.80. The van der Waals surface area contributed by atoms with Gasteiger partial charge in [-0.25, -0.2) is 0 Å². The van der Waals surface area contributed by atoms with E-state index in [4.69, 9.17) is 13.9 Å². The normalized spacial score (nSPS) is 11.6. The highest BCUT2D eigenvalue weighted by molar-refractivity contribution is 9.10. The van der Waals surface area contributed by atoms with E-state index in [0.29, 0.717) is 33.6 Å². The number of ether oxygens (including phenoxy) is 2. The number of hydrogen-bond acceptors (Lipinski definition) is 5. The number of hydrogen-bond donors (Lipinski definition) is 1. The zero-order valence-electron chi connectivity index (χ0n) is 12.7. The number of benzene rings is 1. The van der Waals surface area contributed by atoms with Crippen molar-refractivity contribution in [1.29, 1.82) is 0 Å². The van der Waals surface area contributed by atoms with Crippen molar-refractivity contribution in [3.63, 3.8) is 0 Å². The number of halogens is 1. The molecule has 122 valence electrons. The predicted octanol–water partition coefficient (Wildman–Crippen LogP) is 3.12. The molecular weight excluding hydrogens is 366 g/mol. The van der Waals surface area contributed by atoms with Gasteiger partial charge in [0.05, 0.1) is 19.4 Å². The Hall–Kier alpha value is -2.28. The average molecular weight is 382 g/mol. The Kier molecular flexibility index (Phi) is 5.81. The predicted molar refractivity (Wildman–Crippen MR) is 86.8 cm³/mol. The van der Waals surface area contributed by atoms with Gasteiger partial charge in [-0.05, 0) is 47.1 Å². The minimum absolute atomic E-state index is 0.207. The van der Waals surface area contributed by atoms with E-state index in [0.717, 1.165) is 0 Å². The van der Waals surface area contributed by atoms with Crippen LogP contribution in [-0.2, 0) is 4.79 Å². The van der Waals surface area contributed by atoms with E-state index in [1.54, 1.807) is 31.4 Å². The maximum Gasteiger partial charge on any atom is 0.258 e. The first-order chi connectivity index (χ1) is 11.0. The molecule has 0 aliphatic heterocycles. The van der Waals surface area contributed by atoms with Crippen molar-refractivity contribution in [3.8, 4) is 11.5 Å². The second-order valence-electron chi connectivity index (χ2n) is 4.74. The number of furan rings is 1. The SMILES string of the molecule is COc1cc(Br)c(C=O)cc1OCC(=O)N[C@@H](C)c1ccco1. The molecule has 0 aliphatic carbocycles. The molecule has 0 saturated carbocycles. The average Bonchev–Trinajstić information content (AvgIpc) is 3.07. The van der Waals surface area contributed by atoms with Gasteiger partial charge >= 0.3 is 0 Å². The summed E-state index contributed by atoms with van der Waals surface area (Å²) >= 11 is 3.26. The van der Waals surface area contributed by atoms with Crippen molar-refractivity contribution in [1.82, 2.24) is 5.32 Å². The lowest BCUT2D eigenvalue weighted by molar-refractivity contribution is -0.123. The summed E-state index contributed by atoms with van der Waals surface area (Å²) in [5, 5.41) is 2.75. The van der Waals surface area contributed by atoms with Crippen LogP contribution in [0.4, 0.5) is 0 Å². The van der Waals surface area contributed by atoms with Crippen LogP contribution in [0.3, 0.4) is 0 Å². The highest BCUT2D eigenvalue weighted by atomic mass is 79.9. The first kappa shape index (κ1) is 17.1. The molecule has 0 radical (unpaired) electrons. The lowest BCUT2D eigenvalue weighted by Crippen LogP contribution is -2.31. The van der Waals surface area contributed by atoms with Crippen LogP contribution in [-0.4, -0.2) is 25.9 Å². The van der Waals surface area contributed by atoms with Crippen molar-refractivity contribution in [3.05, 3.63) is 46.3 Å². The van der Waals surface area contributed by atoms with Gasteiger partial charge < -0.3 is 19.2 Å². The molecule has 0 unspecified atom stereocenters. The summed E-state index contributed by atoms with van der Waals surface area (Å²) in [6.07, 6.45) is 2.23. The Morgan fingerprint density at radius 3 is 2.83 bits per heavy atom. The van der Waals surface area contributed by atoms with Crippen LogP contribution in [0.15, 0.2) is 39.4 Å². The highest BCUT2D eigenvalue weighted by Crippen LogP contribution is 2.32. The van der Waals surface area contributed by atoms with Gasteiger partial charge in [-0.1, -0.05) is 0 Å². The van der Waals surface area contributed by atoms with Crippen molar-refractivity contribution < 1.29 is 23.5 Å². The molecule has 0 bridgehead atoms. The first-order valence-electron chi connectivity index (χ1n) is 6.83. The highest BCUT2D eigenvalue weighted by Gasteiger charge is 2.14. The molecule has 1 N–H and O–H groups in total. The molecule has 1 aromatic carbocycles. The quantitative estimate of drug-likeness (QED) is 0.745. The first-order valence-corrected chi connectivity index (χ1v) is 7.62. The monoisotopic (exact) mass is 381 g/mol. The molecule has 0 saturated heterocycles. The lowest BCUT2D eigenvalue weighted by atomic mass is 10.2. The lowest BCUT2D eigenvalue weighted by Gasteiger charge is -2.14. The van der Waals surface area contributed by atoms with Gasteiger partial charge in [0.25, 0.3) is 5.91 Å². The van der Waals surface area contributed by atoms with Crippen LogP contribution in [0.25, 0.3) is 0 Å². The summed E-state index contributed by atoms with van der Waals surface area (Å²) in [4.78, 5) is 22.9. The molecule has 1 aromatic heterocycles. The summed E-state index contributed by atoms with van der Waals surface area (Å²) in [6, 6.07) is 6.39. The number of carbonyl (C=O) groups is 2. The molecular formula is C16H16BrNO5. The molecule has 23 heavy (non-hydrogen) atoms. The summed E-state index contributed by atoms with van der Waals surface area (Å²) in [5.74, 6) is 1.09. The Morgan fingerprint density at radius 2 is 2.22 bits per heavy atom. The van der Waals surface area contributed by atoms with Crippen molar-refractivity contribution in [2.45, 2.75) is 13.0 Å². The van der Waals surface area contributed by atoms with Gasteiger partial charge in [-0.3, -0.25) is 9.59 Å². The number of methoxy groups -OCH3 is 1. The van der Waals surface area contributed by atoms with E-state index in [1.807, 2.05) is 0 Å². The van der Waals surface area contributed by atoms with E-state index in [9.17, 15) is 9.59 Å². The molecule has 7 heteroatoms. The molecule has 1 amide bonds. The molecule has 0 spiro atoms. The van der Waals surface area contributed by atoms with E-state index < -0.39 is 0 Å². The Balaban J connectivity index is 1.99. The summed E-state index contributed by atoms with van der Waals surface area (Å²) in [5.41, 5.74) is 0.408. The van der Waals surface area contributed by atoms with Crippen molar-refractivity contribution in [2.75, 3.05) is 13.7 Å². The number of nitrogens with one attached hydrogen (secondary N) is 1.